The van der Waals surface area contributed by atoms with Gasteiger partial charge in [0.2, 0.25) is 0 Å². The smallest absolute Gasteiger partial charge is 0.263 e. The van der Waals surface area contributed by atoms with E-state index in [1.165, 1.54) is 30.2 Å². The summed E-state index contributed by atoms with van der Waals surface area (Å²) in [7, 11) is -0.834. The zero-order valence-electron chi connectivity index (χ0n) is 15.6. The number of carbonyl (C=O) groups is 1. The minimum absolute atomic E-state index is 0.0590. The van der Waals surface area contributed by atoms with E-state index in [-0.39, 0.29) is 16.2 Å². The largest absolute Gasteiger partial charge is 0.497 e. The quantitative estimate of drug-likeness (QED) is 0.708. The van der Waals surface area contributed by atoms with Crippen molar-refractivity contribution in [2.24, 2.45) is 0 Å². The van der Waals surface area contributed by atoms with Crippen LogP contribution in [0.15, 0.2) is 65.7 Å². The molecule has 2 heterocycles. The standard InChI is InChI=1S/C20H17N3O5S/c1-23-19-18(4-3-11-21-19)28-17-10-9-15(12-16(17)20(23)24)29(25,26)22-13-5-7-14(27-2)8-6-13/h3-12,22H,1-2H3. The van der Waals surface area contributed by atoms with Gasteiger partial charge in [-0.2, -0.15) is 0 Å². The number of nitrogens with one attached hydrogen (secondary N) is 1. The third-order valence-corrected chi connectivity index (χ3v) is 5.81. The van der Waals surface area contributed by atoms with E-state index in [2.05, 4.69) is 9.71 Å². The Balaban J connectivity index is 1.69. The number of hydrogen-bond acceptors (Lipinski definition) is 6. The van der Waals surface area contributed by atoms with Crippen LogP contribution < -0.4 is 19.1 Å². The van der Waals surface area contributed by atoms with Crippen LogP contribution in [0.5, 0.6) is 17.2 Å². The third-order valence-electron chi connectivity index (χ3n) is 4.43. The van der Waals surface area contributed by atoms with Crippen molar-refractivity contribution in [3.63, 3.8) is 0 Å². The summed E-state index contributed by atoms with van der Waals surface area (Å²) >= 11 is 0. The molecule has 0 saturated heterocycles. The Morgan fingerprint density at radius 1 is 1.07 bits per heavy atom. The lowest BCUT2D eigenvalue weighted by atomic mass is 10.2. The highest BCUT2D eigenvalue weighted by atomic mass is 32.2. The number of aromatic nitrogens is 1. The highest BCUT2D eigenvalue weighted by Crippen LogP contribution is 2.37. The molecule has 1 N–H and O–H groups in total. The van der Waals surface area contributed by atoms with Gasteiger partial charge in [0, 0.05) is 18.9 Å². The maximum absolute atomic E-state index is 12.9. The second kappa shape index (κ2) is 7.10. The average Bonchev–Trinajstić information content (AvgIpc) is 2.83. The number of nitrogens with zero attached hydrogens (tertiary/aromatic N) is 2. The van der Waals surface area contributed by atoms with E-state index in [1.807, 2.05) is 0 Å². The number of carbonyl (C=O) groups excluding carboxylic acids is 1. The molecule has 1 amide bonds. The van der Waals surface area contributed by atoms with E-state index < -0.39 is 15.9 Å². The lowest BCUT2D eigenvalue weighted by Gasteiger charge is -2.14. The van der Waals surface area contributed by atoms with Gasteiger partial charge in [0.05, 0.1) is 17.6 Å². The fourth-order valence-electron chi connectivity index (χ4n) is 2.91. The molecular formula is C20H17N3O5S. The predicted octanol–water partition coefficient (Wildman–Crippen LogP) is 3.27. The number of sulfonamides is 1. The van der Waals surface area contributed by atoms with E-state index in [1.54, 1.807) is 49.6 Å². The van der Waals surface area contributed by atoms with E-state index in [4.69, 9.17) is 9.47 Å². The second-order valence-electron chi connectivity index (χ2n) is 6.28. The Hall–Kier alpha value is -3.59. The molecule has 0 radical (unpaired) electrons. The Morgan fingerprint density at radius 2 is 1.83 bits per heavy atom. The molecule has 29 heavy (non-hydrogen) atoms. The molecule has 1 aliphatic heterocycles. The van der Waals surface area contributed by atoms with Crippen molar-refractivity contribution < 1.29 is 22.7 Å². The molecule has 1 aliphatic rings. The number of methoxy groups -OCH3 is 1. The molecule has 0 bridgehead atoms. The molecule has 0 spiro atoms. The van der Waals surface area contributed by atoms with Gasteiger partial charge < -0.3 is 9.47 Å². The average molecular weight is 411 g/mol. The maximum atomic E-state index is 12.9. The lowest BCUT2D eigenvalue weighted by Crippen LogP contribution is -2.26. The van der Waals surface area contributed by atoms with Gasteiger partial charge in [-0.05, 0) is 54.6 Å². The van der Waals surface area contributed by atoms with Gasteiger partial charge in [-0.3, -0.25) is 14.4 Å². The number of benzene rings is 2. The molecule has 0 atom stereocenters. The van der Waals surface area contributed by atoms with E-state index in [0.717, 1.165) is 0 Å². The highest BCUT2D eigenvalue weighted by molar-refractivity contribution is 7.92. The highest BCUT2D eigenvalue weighted by Gasteiger charge is 2.28. The minimum Gasteiger partial charge on any atom is -0.497 e. The fraction of sp³-hybridized carbons (Fsp3) is 0.100. The van der Waals surface area contributed by atoms with Crippen LogP contribution >= 0.6 is 0 Å². The number of fused-ring (bicyclic) bond motifs is 2. The van der Waals surface area contributed by atoms with Crippen LogP contribution in [-0.2, 0) is 10.0 Å². The van der Waals surface area contributed by atoms with Crippen LogP contribution in [0.3, 0.4) is 0 Å². The van der Waals surface area contributed by atoms with E-state index in [0.29, 0.717) is 23.0 Å². The Bertz CT molecular complexity index is 1190. The molecule has 0 aliphatic carbocycles. The zero-order chi connectivity index (χ0) is 20.6. The third kappa shape index (κ3) is 3.47. The summed E-state index contributed by atoms with van der Waals surface area (Å²) in [5, 5.41) is 0. The van der Waals surface area contributed by atoms with Gasteiger partial charge in [0.1, 0.15) is 11.5 Å². The minimum atomic E-state index is -3.92. The molecule has 0 fully saturated rings. The number of pyridine rings is 1. The Labute approximate surface area is 167 Å². The Morgan fingerprint density at radius 3 is 2.55 bits per heavy atom. The number of hydrogen-bond donors (Lipinski definition) is 1. The lowest BCUT2D eigenvalue weighted by molar-refractivity contribution is 0.0992. The van der Waals surface area contributed by atoms with Gasteiger partial charge in [0.25, 0.3) is 15.9 Å². The molecule has 148 valence electrons. The first-order chi connectivity index (χ1) is 13.9. The SMILES string of the molecule is COc1ccc(NS(=O)(=O)c2ccc3c(c2)C(=O)N(C)c2ncccc2O3)cc1. The number of anilines is 2. The molecule has 1 aromatic heterocycles. The van der Waals surface area contributed by atoms with Crippen LogP contribution in [0.4, 0.5) is 11.5 Å². The van der Waals surface area contributed by atoms with Gasteiger partial charge in [-0.25, -0.2) is 13.4 Å². The first-order valence-electron chi connectivity index (χ1n) is 8.61. The monoisotopic (exact) mass is 411 g/mol. The maximum Gasteiger partial charge on any atom is 0.263 e. The summed E-state index contributed by atoms with van der Waals surface area (Å²) in [6.45, 7) is 0. The van der Waals surface area contributed by atoms with Crippen LogP contribution in [0.1, 0.15) is 10.4 Å². The van der Waals surface area contributed by atoms with Crippen LogP contribution in [0.25, 0.3) is 0 Å². The van der Waals surface area contributed by atoms with Crippen LogP contribution in [0.2, 0.25) is 0 Å². The van der Waals surface area contributed by atoms with Crippen molar-refractivity contribution in [2.75, 3.05) is 23.8 Å². The summed E-state index contributed by atoms with van der Waals surface area (Å²) in [6.07, 6.45) is 1.55. The molecule has 2 aromatic carbocycles. The summed E-state index contributed by atoms with van der Waals surface area (Å²) in [6, 6.07) is 14.0. The van der Waals surface area contributed by atoms with E-state index >= 15 is 0 Å². The summed E-state index contributed by atoms with van der Waals surface area (Å²) in [5.41, 5.74) is 0.500. The van der Waals surface area contributed by atoms with Crippen molar-refractivity contribution in [3.05, 3.63) is 66.4 Å². The molecule has 3 aromatic rings. The van der Waals surface area contributed by atoms with Crippen molar-refractivity contribution >= 4 is 27.4 Å². The van der Waals surface area contributed by atoms with Gasteiger partial charge in [0.15, 0.2) is 11.6 Å². The van der Waals surface area contributed by atoms with Crippen molar-refractivity contribution in [1.29, 1.82) is 0 Å². The first-order valence-corrected chi connectivity index (χ1v) is 10.1. The number of ether oxygens (including phenoxy) is 2. The second-order valence-corrected chi connectivity index (χ2v) is 7.97. The number of amides is 1. The first kappa shape index (κ1) is 18.8. The topological polar surface area (TPSA) is 97.8 Å². The predicted molar refractivity (Wildman–Crippen MR) is 107 cm³/mol. The normalized spacial score (nSPS) is 13.0. The summed E-state index contributed by atoms with van der Waals surface area (Å²) in [4.78, 5) is 18.3. The molecule has 8 nitrogen and oxygen atoms in total. The van der Waals surface area contributed by atoms with Crippen molar-refractivity contribution in [1.82, 2.24) is 4.98 Å². The molecule has 0 saturated carbocycles. The van der Waals surface area contributed by atoms with Crippen LogP contribution in [-0.4, -0.2) is 33.5 Å². The van der Waals surface area contributed by atoms with Gasteiger partial charge in [-0.15, -0.1) is 0 Å². The fourth-order valence-corrected chi connectivity index (χ4v) is 4.00. The van der Waals surface area contributed by atoms with Crippen molar-refractivity contribution in [2.45, 2.75) is 4.90 Å². The summed E-state index contributed by atoms with van der Waals surface area (Å²) in [5.74, 6) is 1.22. The van der Waals surface area contributed by atoms with Gasteiger partial charge >= 0.3 is 0 Å². The molecule has 4 rings (SSSR count). The van der Waals surface area contributed by atoms with Crippen molar-refractivity contribution in [3.8, 4) is 17.2 Å². The molecule has 0 unspecified atom stereocenters. The Kier molecular flexibility index (Phi) is 4.59. The van der Waals surface area contributed by atoms with E-state index in [9.17, 15) is 13.2 Å². The zero-order valence-corrected chi connectivity index (χ0v) is 16.4. The molecule has 9 heteroatoms. The summed E-state index contributed by atoms with van der Waals surface area (Å²) < 4.78 is 39.0. The van der Waals surface area contributed by atoms with Gasteiger partial charge in [-0.1, -0.05) is 0 Å². The number of rotatable bonds is 4. The van der Waals surface area contributed by atoms with Crippen LogP contribution in [0, 0.1) is 0 Å². The molecular weight excluding hydrogens is 394 g/mol.